The van der Waals surface area contributed by atoms with Gasteiger partial charge in [-0.1, -0.05) is 0 Å². The number of aromatic nitrogens is 2. The maximum Gasteiger partial charge on any atom is 0.243 e. The summed E-state index contributed by atoms with van der Waals surface area (Å²) in [7, 11) is -2.51. The van der Waals surface area contributed by atoms with Gasteiger partial charge in [0, 0.05) is 37.8 Å². The third kappa shape index (κ3) is 4.35. The van der Waals surface area contributed by atoms with E-state index in [4.69, 9.17) is 4.74 Å². The Hall–Kier alpha value is -3.11. The monoisotopic (exact) mass is 446 g/mol. The Morgan fingerprint density at radius 1 is 0.935 bits per heavy atom. The number of hydrogen-bond acceptors (Lipinski definition) is 6. The van der Waals surface area contributed by atoms with Gasteiger partial charge >= 0.3 is 0 Å². The Labute approximate surface area is 179 Å². The van der Waals surface area contributed by atoms with Gasteiger partial charge in [-0.2, -0.15) is 4.31 Å². The number of ether oxygens (including phenoxy) is 1. The molecule has 0 N–H and O–H groups in total. The standard InChI is InChI=1S/C21H20F2N4O3S/c1-30-20-7-6-17(12-18(20)23)31(28,29)27-10-8-26(9-11-27)21-13-19(24-14-25-21)15-2-4-16(22)5-3-15/h2-7,12-14H,8-11H2,1H3. The average Bonchev–Trinajstić information content (AvgIpc) is 2.79. The van der Waals surface area contributed by atoms with E-state index in [1.54, 1.807) is 18.2 Å². The molecule has 162 valence electrons. The van der Waals surface area contributed by atoms with Crippen molar-refractivity contribution < 1.29 is 21.9 Å². The maximum atomic E-state index is 14.0. The van der Waals surface area contributed by atoms with Crippen molar-refractivity contribution in [3.63, 3.8) is 0 Å². The third-order valence-corrected chi connectivity index (χ3v) is 7.01. The van der Waals surface area contributed by atoms with E-state index in [0.717, 1.165) is 11.6 Å². The summed E-state index contributed by atoms with van der Waals surface area (Å²) in [4.78, 5) is 10.4. The predicted molar refractivity (Wildman–Crippen MR) is 111 cm³/mol. The van der Waals surface area contributed by atoms with Crippen molar-refractivity contribution in [1.82, 2.24) is 14.3 Å². The smallest absolute Gasteiger partial charge is 0.243 e. The zero-order valence-electron chi connectivity index (χ0n) is 16.7. The molecule has 0 radical (unpaired) electrons. The van der Waals surface area contributed by atoms with Crippen LogP contribution in [0.2, 0.25) is 0 Å². The van der Waals surface area contributed by atoms with E-state index >= 15 is 0 Å². The van der Waals surface area contributed by atoms with Crippen molar-refractivity contribution in [2.75, 3.05) is 38.2 Å². The summed E-state index contributed by atoms with van der Waals surface area (Å²) in [5.41, 5.74) is 1.40. The van der Waals surface area contributed by atoms with Crippen LogP contribution in [0.3, 0.4) is 0 Å². The Balaban J connectivity index is 1.48. The van der Waals surface area contributed by atoms with E-state index in [9.17, 15) is 17.2 Å². The van der Waals surface area contributed by atoms with E-state index < -0.39 is 15.8 Å². The summed E-state index contributed by atoms with van der Waals surface area (Å²) in [6.07, 6.45) is 1.43. The van der Waals surface area contributed by atoms with Crippen molar-refractivity contribution in [1.29, 1.82) is 0 Å². The summed E-state index contributed by atoms with van der Waals surface area (Å²) >= 11 is 0. The minimum absolute atomic E-state index is 0.00973. The molecule has 1 aromatic heterocycles. The number of halogens is 2. The molecule has 0 aliphatic carbocycles. The lowest BCUT2D eigenvalue weighted by molar-refractivity contribution is 0.379. The quantitative estimate of drug-likeness (QED) is 0.600. The second-order valence-corrected chi connectivity index (χ2v) is 8.89. The molecule has 0 amide bonds. The van der Waals surface area contributed by atoms with Gasteiger partial charge in [0.1, 0.15) is 18.0 Å². The molecule has 0 unspecified atom stereocenters. The molecular weight excluding hydrogens is 426 g/mol. The van der Waals surface area contributed by atoms with Gasteiger partial charge < -0.3 is 9.64 Å². The summed E-state index contributed by atoms with van der Waals surface area (Å²) < 4.78 is 59.1. The van der Waals surface area contributed by atoms with Gasteiger partial charge in [-0.05, 0) is 42.5 Å². The van der Waals surface area contributed by atoms with Gasteiger partial charge in [-0.15, -0.1) is 0 Å². The van der Waals surface area contributed by atoms with Crippen LogP contribution in [0.4, 0.5) is 14.6 Å². The molecular formula is C21H20F2N4O3S. The van der Waals surface area contributed by atoms with Crippen LogP contribution in [0.15, 0.2) is 59.8 Å². The fourth-order valence-electron chi connectivity index (χ4n) is 3.41. The molecule has 2 heterocycles. The topological polar surface area (TPSA) is 75.6 Å². The van der Waals surface area contributed by atoms with Crippen LogP contribution in [0.1, 0.15) is 0 Å². The molecule has 2 aromatic carbocycles. The number of rotatable bonds is 5. The van der Waals surface area contributed by atoms with Crippen molar-refractivity contribution in [3.05, 3.63) is 66.5 Å². The first kappa shape index (κ1) is 21.1. The van der Waals surface area contributed by atoms with Crippen LogP contribution in [0, 0.1) is 11.6 Å². The molecule has 7 nitrogen and oxygen atoms in total. The number of benzene rings is 2. The number of piperazine rings is 1. The normalized spacial score (nSPS) is 15.1. The van der Waals surface area contributed by atoms with E-state index in [1.165, 1.54) is 42.0 Å². The Kier molecular flexibility index (Phi) is 5.84. The highest BCUT2D eigenvalue weighted by Gasteiger charge is 2.29. The molecule has 1 saturated heterocycles. The minimum Gasteiger partial charge on any atom is -0.494 e. The first-order valence-electron chi connectivity index (χ1n) is 9.55. The van der Waals surface area contributed by atoms with Gasteiger partial charge in [0.15, 0.2) is 11.6 Å². The third-order valence-electron chi connectivity index (χ3n) is 5.12. The van der Waals surface area contributed by atoms with E-state index in [0.29, 0.717) is 24.6 Å². The molecule has 3 aromatic rings. The van der Waals surface area contributed by atoms with Crippen LogP contribution < -0.4 is 9.64 Å². The highest BCUT2D eigenvalue weighted by Crippen LogP contribution is 2.26. The molecule has 10 heteroatoms. The molecule has 4 rings (SSSR count). The largest absolute Gasteiger partial charge is 0.494 e. The predicted octanol–water partition coefficient (Wildman–Crippen LogP) is 2.94. The summed E-state index contributed by atoms with van der Waals surface area (Å²) in [5, 5.41) is 0. The molecule has 0 atom stereocenters. The number of anilines is 1. The summed E-state index contributed by atoms with van der Waals surface area (Å²) in [5.74, 6) is -0.407. The number of methoxy groups -OCH3 is 1. The zero-order chi connectivity index (χ0) is 22.0. The van der Waals surface area contributed by atoms with Crippen LogP contribution in [-0.2, 0) is 10.0 Å². The molecule has 0 bridgehead atoms. The summed E-state index contributed by atoms with van der Waals surface area (Å²) in [6.45, 7) is 1.28. The fourth-order valence-corrected chi connectivity index (χ4v) is 4.85. The zero-order valence-corrected chi connectivity index (χ0v) is 17.5. The van der Waals surface area contributed by atoms with Crippen molar-refractivity contribution in [2.45, 2.75) is 4.90 Å². The van der Waals surface area contributed by atoms with Gasteiger partial charge in [0.05, 0.1) is 17.7 Å². The fraction of sp³-hybridized carbons (Fsp3) is 0.238. The molecule has 1 aliphatic heterocycles. The summed E-state index contributed by atoms with van der Waals surface area (Å²) in [6, 6.07) is 11.4. The highest BCUT2D eigenvalue weighted by molar-refractivity contribution is 7.89. The molecule has 31 heavy (non-hydrogen) atoms. The molecule has 1 aliphatic rings. The number of hydrogen-bond donors (Lipinski definition) is 0. The van der Waals surface area contributed by atoms with E-state index in [-0.39, 0.29) is 29.6 Å². The second-order valence-electron chi connectivity index (χ2n) is 6.96. The Morgan fingerprint density at radius 2 is 1.65 bits per heavy atom. The SMILES string of the molecule is COc1ccc(S(=O)(=O)N2CCN(c3cc(-c4ccc(F)cc4)ncn3)CC2)cc1F. The van der Waals surface area contributed by atoms with Gasteiger partial charge in [0.25, 0.3) is 0 Å². The number of sulfonamides is 1. The lowest BCUT2D eigenvalue weighted by Crippen LogP contribution is -2.48. The minimum atomic E-state index is -3.83. The number of nitrogens with zero attached hydrogens (tertiary/aromatic N) is 4. The first-order valence-corrected chi connectivity index (χ1v) is 11.0. The van der Waals surface area contributed by atoms with Crippen molar-refractivity contribution in [2.24, 2.45) is 0 Å². The van der Waals surface area contributed by atoms with Crippen LogP contribution in [0.25, 0.3) is 11.3 Å². The van der Waals surface area contributed by atoms with Crippen LogP contribution in [0.5, 0.6) is 5.75 Å². The lowest BCUT2D eigenvalue weighted by atomic mass is 10.1. The van der Waals surface area contributed by atoms with Crippen molar-refractivity contribution in [3.8, 4) is 17.0 Å². The second kappa shape index (κ2) is 8.56. The average molecular weight is 446 g/mol. The van der Waals surface area contributed by atoms with Gasteiger partial charge in [0.2, 0.25) is 10.0 Å². The Morgan fingerprint density at radius 3 is 2.29 bits per heavy atom. The van der Waals surface area contributed by atoms with Crippen molar-refractivity contribution >= 4 is 15.8 Å². The molecule has 1 fully saturated rings. The first-order chi connectivity index (χ1) is 14.9. The highest BCUT2D eigenvalue weighted by atomic mass is 32.2. The van der Waals surface area contributed by atoms with E-state index in [1.807, 2.05) is 4.90 Å². The Bertz CT molecular complexity index is 1180. The maximum absolute atomic E-state index is 14.0. The van der Waals surface area contributed by atoms with Gasteiger partial charge in [-0.3, -0.25) is 0 Å². The molecule has 0 saturated carbocycles. The van der Waals surface area contributed by atoms with Crippen LogP contribution in [-0.4, -0.2) is 56.0 Å². The van der Waals surface area contributed by atoms with E-state index in [2.05, 4.69) is 9.97 Å². The van der Waals surface area contributed by atoms with Crippen LogP contribution >= 0.6 is 0 Å². The van der Waals surface area contributed by atoms with Gasteiger partial charge in [-0.25, -0.2) is 27.2 Å². The lowest BCUT2D eigenvalue weighted by Gasteiger charge is -2.34. The molecule has 0 spiro atoms.